The largest absolute Gasteiger partial charge is 0.307 e. The summed E-state index contributed by atoms with van der Waals surface area (Å²) in [6, 6.07) is 55.6. The molecule has 0 aromatic heterocycles. The quantitative estimate of drug-likeness (QED) is 0.158. The summed E-state index contributed by atoms with van der Waals surface area (Å²) in [7, 11) is 0. The molecule has 1 aliphatic carbocycles. The highest BCUT2D eigenvalue weighted by atomic mass is 19.1. The molecule has 0 atom stereocenters. The predicted molar refractivity (Wildman–Crippen MR) is 205 cm³/mol. The summed E-state index contributed by atoms with van der Waals surface area (Å²) >= 11 is 0. The number of hydrogen-bond acceptors (Lipinski definition) is 1. The van der Waals surface area contributed by atoms with E-state index in [1.807, 2.05) is 126 Å². The van der Waals surface area contributed by atoms with Gasteiger partial charge in [-0.25, -0.2) is 4.39 Å². The second kappa shape index (κ2) is 12.6. The van der Waals surface area contributed by atoms with Crippen LogP contribution in [0.25, 0.3) is 45.5 Å². The van der Waals surface area contributed by atoms with E-state index in [0.717, 1.165) is 33.6 Å². The Kier molecular flexibility index (Phi) is 7.19. The number of halogens is 1. The zero-order valence-electron chi connectivity index (χ0n) is 29.5. The average molecular weight is 636 g/mol. The van der Waals surface area contributed by atoms with Crippen LogP contribution in [0, 0.1) is 5.82 Å². The normalized spacial score (nSPS) is 13.9. The molecule has 0 amide bonds. The molecule has 0 fully saturated rings. The monoisotopic (exact) mass is 635 g/mol. The van der Waals surface area contributed by atoms with Crippen LogP contribution in [0.15, 0.2) is 170 Å². The smallest absolute Gasteiger partial charge is 0.148 e. The maximum atomic E-state index is 16.7. The number of fused-ring (bicyclic) bond motifs is 3. The van der Waals surface area contributed by atoms with Crippen molar-refractivity contribution in [1.29, 1.82) is 0 Å². The summed E-state index contributed by atoms with van der Waals surface area (Å²) in [4.78, 5) is 1.94. The SMILES string of the molecule is [2H]/C(=C(/[2H])c1ccc2c(c1)C(C)(C)c1ccccc1-2)c1ccc(N(c2ccccc2)c2c(F)cc(-c3ccccc3)cc2-c2ccccc2)cc1. The Morgan fingerprint density at radius 1 is 0.490 bits per heavy atom. The lowest BCUT2D eigenvalue weighted by molar-refractivity contribution is 0.630. The van der Waals surface area contributed by atoms with Gasteiger partial charge in [0.25, 0.3) is 0 Å². The van der Waals surface area contributed by atoms with Gasteiger partial charge in [0.1, 0.15) is 5.82 Å². The van der Waals surface area contributed by atoms with Gasteiger partial charge < -0.3 is 4.90 Å². The molecule has 1 aliphatic rings. The predicted octanol–water partition coefficient (Wildman–Crippen LogP) is 13.1. The van der Waals surface area contributed by atoms with Crippen molar-refractivity contribution < 1.29 is 7.13 Å². The first-order valence-electron chi connectivity index (χ1n) is 17.6. The summed E-state index contributed by atoms with van der Waals surface area (Å²) in [6.07, 6.45) is 0. The van der Waals surface area contributed by atoms with E-state index >= 15 is 4.39 Å². The Morgan fingerprint density at radius 2 is 1.04 bits per heavy atom. The van der Waals surface area contributed by atoms with Crippen molar-refractivity contribution in [3.05, 3.63) is 198 Å². The third-order valence-electron chi connectivity index (χ3n) is 9.55. The van der Waals surface area contributed by atoms with Crippen LogP contribution >= 0.6 is 0 Å². The fourth-order valence-electron chi connectivity index (χ4n) is 7.07. The Hall–Kier alpha value is -5.99. The van der Waals surface area contributed by atoms with Gasteiger partial charge in [0, 0.05) is 22.4 Å². The first-order chi connectivity index (χ1) is 24.8. The molecule has 0 unspecified atom stereocenters. The third kappa shape index (κ3) is 5.66. The summed E-state index contributed by atoms with van der Waals surface area (Å²) in [5, 5.41) is 0. The number of benzene rings is 7. The van der Waals surface area contributed by atoms with Crippen LogP contribution in [0.1, 0.15) is 38.8 Å². The van der Waals surface area contributed by atoms with Crippen molar-refractivity contribution in [3.63, 3.8) is 0 Å². The standard InChI is InChI=1S/C47H36FN/c1-47(2)43-21-13-12-20-40(43)41-29-26-34(30-44(41)47)23-22-33-24-27-39(28-25-33)49(38-18-10-5-11-19-38)46-42(36-16-8-4-9-17-36)31-37(32-45(46)48)35-14-6-3-7-15-35/h3-32H,1-2H3/b23-22+/i22D,23D. The van der Waals surface area contributed by atoms with Crippen molar-refractivity contribution in [1.82, 2.24) is 0 Å². The lowest BCUT2D eigenvalue weighted by Crippen LogP contribution is -2.14. The van der Waals surface area contributed by atoms with Crippen molar-refractivity contribution in [3.8, 4) is 33.4 Å². The van der Waals surface area contributed by atoms with E-state index in [4.69, 9.17) is 2.74 Å². The Bertz CT molecular complexity index is 2400. The summed E-state index contributed by atoms with van der Waals surface area (Å²) in [5.74, 6) is -0.348. The van der Waals surface area contributed by atoms with Crippen molar-refractivity contribution in [2.24, 2.45) is 0 Å². The molecule has 0 spiro atoms. The summed E-state index contributed by atoms with van der Waals surface area (Å²) < 4.78 is 34.9. The van der Waals surface area contributed by atoms with Gasteiger partial charge >= 0.3 is 0 Å². The lowest BCUT2D eigenvalue weighted by Gasteiger charge is -2.29. The minimum Gasteiger partial charge on any atom is -0.307 e. The van der Waals surface area contributed by atoms with E-state index in [1.165, 1.54) is 22.3 Å². The zero-order valence-corrected chi connectivity index (χ0v) is 27.5. The molecule has 7 aromatic rings. The number of nitrogens with zero attached hydrogens (tertiary/aromatic N) is 1. The molecule has 1 nitrogen and oxygen atoms in total. The van der Waals surface area contributed by atoms with Crippen LogP contribution in [-0.2, 0) is 5.41 Å². The van der Waals surface area contributed by atoms with Gasteiger partial charge in [-0.2, -0.15) is 0 Å². The summed E-state index contributed by atoms with van der Waals surface area (Å²) in [6.45, 7) is 4.43. The highest BCUT2D eigenvalue weighted by Gasteiger charge is 2.35. The molecule has 0 radical (unpaired) electrons. The van der Waals surface area contributed by atoms with E-state index in [2.05, 4.69) is 56.3 Å². The van der Waals surface area contributed by atoms with E-state index < -0.39 is 0 Å². The van der Waals surface area contributed by atoms with Crippen LogP contribution in [-0.4, -0.2) is 0 Å². The zero-order chi connectivity index (χ0) is 35.1. The van der Waals surface area contributed by atoms with Gasteiger partial charge in [0.05, 0.1) is 8.43 Å². The van der Waals surface area contributed by atoms with Gasteiger partial charge in [-0.05, 0) is 86.5 Å². The van der Waals surface area contributed by atoms with Crippen LogP contribution in [0.4, 0.5) is 21.5 Å². The molecule has 2 heteroatoms. The molecule has 49 heavy (non-hydrogen) atoms. The summed E-state index contributed by atoms with van der Waals surface area (Å²) in [5.41, 5.74) is 11.4. The second-order valence-electron chi connectivity index (χ2n) is 13.0. The number of hydrogen-bond donors (Lipinski definition) is 0. The maximum Gasteiger partial charge on any atom is 0.148 e. The van der Waals surface area contributed by atoms with Gasteiger partial charge in [-0.1, -0.05) is 159 Å². The number of anilines is 3. The fourth-order valence-corrected chi connectivity index (χ4v) is 7.07. The van der Waals surface area contributed by atoms with E-state index in [0.29, 0.717) is 16.8 Å². The van der Waals surface area contributed by atoms with Gasteiger partial charge in [-0.15, -0.1) is 0 Å². The van der Waals surface area contributed by atoms with Crippen molar-refractivity contribution in [2.45, 2.75) is 19.3 Å². The molecular formula is C47H36FN. The molecule has 0 aliphatic heterocycles. The van der Waals surface area contributed by atoms with Crippen LogP contribution < -0.4 is 4.90 Å². The van der Waals surface area contributed by atoms with Gasteiger partial charge in [-0.3, -0.25) is 0 Å². The van der Waals surface area contributed by atoms with E-state index in [9.17, 15) is 0 Å². The molecule has 0 saturated heterocycles. The number of rotatable bonds is 7. The minimum absolute atomic E-state index is 0.129. The topological polar surface area (TPSA) is 3.24 Å². The number of para-hydroxylation sites is 1. The molecule has 0 N–H and O–H groups in total. The average Bonchev–Trinajstić information content (AvgIpc) is 3.41. The molecule has 0 saturated carbocycles. The first-order valence-corrected chi connectivity index (χ1v) is 16.6. The Morgan fingerprint density at radius 3 is 1.76 bits per heavy atom. The molecule has 0 heterocycles. The van der Waals surface area contributed by atoms with Crippen LogP contribution in [0.5, 0.6) is 0 Å². The van der Waals surface area contributed by atoms with Crippen molar-refractivity contribution in [2.75, 3.05) is 4.90 Å². The van der Waals surface area contributed by atoms with Gasteiger partial charge in [0.15, 0.2) is 0 Å². The molecule has 8 rings (SSSR count). The first kappa shape index (κ1) is 28.1. The minimum atomic E-state index is -0.348. The van der Waals surface area contributed by atoms with E-state index in [-0.39, 0.29) is 23.3 Å². The molecule has 0 bridgehead atoms. The molecule has 236 valence electrons. The highest BCUT2D eigenvalue weighted by molar-refractivity contribution is 5.91. The fraction of sp³-hybridized carbons (Fsp3) is 0.0638. The highest BCUT2D eigenvalue weighted by Crippen LogP contribution is 2.49. The Labute approximate surface area is 291 Å². The Balaban J connectivity index is 1.21. The van der Waals surface area contributed by atoms with E-state index in [1.54, 1.807) is 6.07 Å². The van der Waals surface area contributed by atoms with Crippen LogP contribution in [0.2, 0.25) is 0 Å². The van der Waals surface area contributed by atoms with Crippen molar-refractivity contribution >= 4 is 29.2 Å². The maximum absolute atomic E-state index is 16.7. The lowest BCUT2D eigenvalue weighted by atomic mass is 9.82. The molecule has 7 aromatic carbocycles. The van der Waals surface area contributed by atoms with Crippen LogP contribution in [0.3, 0.4) is 0 Å². The molecular weight excluding hydrogens is 598 g/mol. The second-order valence-corrected chi connectivity index (χ2v) is 13.0. The third-order valence-corrected chi connectivity index (χ3v) is 9.55. The van der Waals surface area contributed by atoms with Gasteiger partial charge in [0.2, 0.25) is 0 Å².